The lowest BCUT2D eigenvalue weighted by Gasteiger charge is -2.06. The van der Waals surface area contributed by atoms with Gasteiger partial charge in [-0.2, -0.15) is 5.10 Å². The molecule has 0 saturated heterocycles. The summed E-state index contributed by atoms with van der Waals surface area (Å²) in [6.07, 6.45) is 4.52. The van der Waals surface area contributed by atoms with Gasteiger partial charge in [-0.1, -0.05) is 0 Å². The largest absolute Gasteiger partial charge is 0.311 e. The molecule has 0 spiro atoms. The average Bonchev–Trinajstić information content (AvgIpc) is 2.64. The first kappa shape index (κ1) is 12.4. The molecule has 0 aromatic carbocycles. The van der Waals surface area contributed by atoms with Gasteiger partial charge in [0.1, 0.15) is 0 Å². The lowest BCUT2D eigenvalue weighted by molar-refractivity contribution is 0.579. The fourth-order valence-corrected chi connectivity index (χ4v) is 1.96. The second-order valence-electron chi connectivity index (χ2n) is 3.45. The van der Waals surface area contributed by atoms with Gasteiger partial charge >= 0.3 is 0 Å². The number of rotatable bonds is 7. The zero-order valence-electron chi connectivity index (χ0n) is 9.40. The van der Waals surface area contributed by atoms with Crippen LogP contribution in [0.1, 0.15) is 19.0 Å². The molecular weight excluding hydrogens is 210 g/mol. The minimum atomic E-state index is -0.669. The minimum Gasteiger partial charge on any atom is -0.311 e. The van der Waals surface area contributed by atoms with Crippen LogP contribution in [0, 0.1) is 0 Å². The molecule has 1 unspecified atom stereocenters. The summed E-state index contributed by atoms with van der Waals surface area (Å²) in [7, 11) is -0.669. The van der Waals surface area contributed by atoms with Crippen LogP contribution in [0.5, 0.6) is 0 Å². The van der Waals surface area contributed by atoms with Crippen molar-refractivity contribution < 1.29 is 4.21 Å². The topological polar surface area (TPSA) is 46.9 Å². The molecule has 0 bridgehead atoms. The van der Waals surface area contributed by atoms with Crippen molar-refractivity contribution in [1.29, 1.82) is 0 Å². The van der Waals surface area contributed by atoms with Crippen molar-refractivity contribution in [2.75, 3.05) is 18.6 Å². The monoisotopic (exact) mass is 229 g/mol. The van der Waals surface area contributed by atoms with Gasteiger partial charge in [-0.05, 0) is 26.0 Å². The summed E-state index contributed by atoms with van der Waals surface area (Å²) in [6.45, 7) is 4.73. The summed E-state index contributed by atoms with van der Waals surface area (Å²) >= 11 is 0. The van der Waals surface area contributed by atoms with E-state index in [0.717, 1.165) is 31.8 Å². The van der Waals surface area contributed by atoms with E-state index in [1.165, 1.54) is 5.69 Å². The predicted molar refractivity (Wildman–Crippen MR) is 63.2 cm³/mol. The van der Waals surface area contributed by atoms with E-state index in [1.54, 1.807) is 6.26 Å². The predicted octanol–water partition coefficient (Wildman–Crippen LogP) is 0.761. The summed E-state index contributed by atoms with van der Waals surface area (Å²) < 4.78 is 12.8. The van der Waals surface area contributed by atoms with Gasteiger partial charge in [-0.15, -0.1) is 0 Å². The molecule has 86 valence electrons. The van der Waals surface area contributed by atoms with E-state index in [9.17, 15) is 4.21 Å². The SMILES string of the molecule is CCn1nccc1CNCCCS(C)=O. The Hall–Kier alpha value is -0.680. The van der Waals surface area contributed by atoms with Crippen molar-refractivity contribution in [2.45, 2.75) is 26.4 Å². The lowest BCUT2D eigenvalue weighted by atomic mass is 10.4. The second kappa shape index (κ2) is 6.74. The van der Waals surface area contributed by atoms with Crippen LogP contribution in [-0.4, -0.2) is 32.5 Å². The molecule has 1 N–H and O–H groups in total. The van der Waals surface area contributed by atoms with Crippen molar-refractivity contribution in [1.82, 2.24) is 15.1 Å². The second-order valence-corrected chi connectivity index (χ2v) is 5.00. The maximum absolute atomic E-state index is 10.8. The van der Waals surface area contributed by atoms with E-state index >= 15 is 0 Å². The molecule has 15 heavy (non-hydrogen) atoms. The number of aromatic nitrogens is 2. The number of nitrogens with one attached hydrogen (secondary N) is 1. The van der Waals surface area contributed by atoms with Gasteiger partial charge in [-0.3, -0.25) is 8.89 Å². The van der Waals surface area contributed by atoms with Gasteiger partial charge in [0, 0.05) is 42.1 Å². The van der Waals surface area contributed by atoms with Gasteiger partial charge in [0.05, 0.1) is 5.69 Å². The molecule has 0 saturated carbocycles. The summed E-state index contributed by atoms with van der Waals surface area (Å²) in [5.74, 6) is 0.778. The normalized spacial score (nSPS) is 12.9. The highest BCUT2D eigenvalue weighted by atomic mass is 32.2. The molecule has 5 heteroatoms. The summed E-state index contributed by atoms with van der Waals surface area (Å²) in [5, 5.41) is 7.51. The van der Waals surface area contributed by atoms with Crippen molar-refractivity contribution in [2.24, 2.45) is 0 Å². The molecule has 0 aliphatic heterocycles. The van der Waals surface area contributed by atoms with Gasteiger partial charge < -0.3 is 5.32 Å². The molecule has 4 nitrogen and oxygen atoms in total. The summed E-state index contributed by atoms with van der Waals surface area (Å²) in [4.78, 5) is 0. The first-order valence-corrected chi connectivity index (χ1v) is 6.98. The van der Waals surface area contributed by atoms with Crippen molar-refractivity contribution in [3.8, 4) is 0 Å². The third kappa shape index (κ3) is 4.57. The third-order valence-corrected chi connectivity index (χ3v) is 3.06. The Morgan fingerprint density at radius 1 is 1.60 bits per heavy atom. The highest BCUT2D eigenvalue weighted by Gasteiger charge is 1.99. The van der Waals surface area contributed by atoms with E-state index in [0.29, 0.717) is 0 Å². The molecule has 1 heterocycles. The zero-order valence-corrected chi connectivity index (χ0v) is 10.2. The Morgan fingerprint density at radius 2 is 2.40 bits per heavy atom. The quantitative estimate of drug-likeness (QED) is 0.702. The van der Waals surface area contributed by atoms with Crippen molar-refractivity contribution in [3.05, 3.63) is 18.0 Å². The van der Waals surface area contributed by atoms with Crippen LogP contribution in [-0.2, 0) is 23.9 Å². The standard InChI is InChI=1S/C10H19N3OS/c1-3-13-10(5-7-12-13)9-11-6-4-8-15(2)14/h5,7,11H,3-4,6,8-9H2,1-2H3. The number of aryl methyl sites for hydroxylation is 1. The zero-order chi connectivity index (χ0) is 11.1. The Labute approximate surface area is 93.5 Å². The van der Waals surface area contributed by atoms with E-state index in [-0.39, 0.29) is 0 Å². The molecule has 1 aromatic rings. The summed E-state index contributed by atoms with van der Waals surface area (Å²) in [6, 6.07) is 2.02. The van der Waals surface area contributed by atoms with Crippen LogP contribution in [0.15, 0.2) is 12.3 Å². The van der Waals surface area contributed by atoms with Crippen LogP contribution in [0.25, 0.3) is 0 Å². The van der Waals surface area contributed by atoms with E-state index in [1.807, 2.05) is 16.9 Å². The van der Waals surface area contributed by atoms with Gasteiger partial charge in [0.15, 0.2) is 0 Å². The average molecular weight is 229 g/mol. The first-order valence-electron chi connectivity index (χ1n) is 5.25. The van der Waals surface area contributed by atoms with Crippen molar-refractivity contribution in [3.63, 3.8) is 0 Å². The van der Waals surface area contributed by atoms with E-state index < -0.39 is 10.8 Å². The van der Waals surface area contributed by atoms with E-state index in [4.69, 9.17) is 0 Å². The first-order chi connectivity index (χ1) is 7.24. The van der Waals surface area contributed by atoms with Gasteiger partial charge in [-0.25, -0.2) is 0 Å². The molecule has 0 amide bonds. The molecule has 1 rings (SSSR count). The Morgan fingerprint density at radius 3 is 3.07 bits per heavy atom. The number of nitrogens with zero attached hydrogens (tertiary/aromatic N) is 2. The summed E-state index contributed by atoms with van der Waals surface area (Å²) in [5.41, 5.74) is 1.20. The molecule has 0 aliphatic rings. The highest BCUT2D eigenvalue weighted by molar-refractivity contribution is 7.84. The molecular formula is C10H19N3OS. The number of hydrogen-bond donors (Lipinski definition) is 1. The van der Waals surface area contributed by atoms with Crippen LogP contribution in [0.4, 0.5) is 0 Å². The Bertz CT molecular complexity index is 311. The van der Waals surface area contributed by atoms with Gasteiger partial charge in [0.2, 0.25) is 0 Å². The third-order valence-electron chi connectivity index (χ3n) is 2.20. The fraction of sp³-hybridized carbons (Fsp3) is 0.700. The van der Waals surface area contributed by atoms with Crippen LogP contribution in [0.3, 0.4) is 0 Å². The molecule has 1 atom stereocenters. The molecule has 0 aliphatic carbocycles. The Balaban J connectivity index is 2.17. The molecule has 1 aromatic heterocycles. The maximum atomic E-state index is 10.8. The fourth-order valence-electron chi connectivity index (χ4n) is 1.41. The molecule has 0 fully saturated rings. The van der Waals surface area contributed by atoms with Crippen LogP contribution < -0.4 is 5.32 Å². The molecule has 0 radical (unpaired) electrons. The minimum absolute atomic E-state index is 0.669. The smallest absolute Gasteiger partial charge is 0.0521 e. The lowest BCUT2D eigenvalue weighted by Crippen LogP contribution is -2.19. The Kier molecular flexibility index (Phi) is 5.57. The van der Waals surface area contributed by atoms with Crippen LogP contribution >= 0.6 is 0 Å². The van der Waals surface area contributed by atoms with Crippen LogP contribution in [0.2, 0.25) is 0 Å². The van der Waals surface area contributed by atoms with E-state index in [2.05, 4.69) is 17.3 Å². The highest BCUT2D eigenvalue weighted by Crippen LogP contribution is 1.97. The van der Waals surface area contributed by atoms with Gasteiger partial charge in [0.25, 0.3) is 0 Å². The van der Waals surface area contributed by atoms with Crippen molar-refractivity contribution >= 4 is 10.8 Å². The number of hydrogen-bond acceptors (Lipinski definition) is 3. The maximum Gasteiger partial charge on any atom is 0.0521 e.